The fourth-order valence-corrected chi connectivity index (χ4v) is 3.35. The molecule has 1 aromatic carbocycles. The molecular formula is C19H24ClFN2O3. The molecule has 1 saturated heterocycles. The maximum atomic E-state index is 13.8. The maximum absolute atomic E-state index is 13.8. The fraction of sp³-hybridized carbons (Fsp3) is 0.579. The molecule has 1 unspecified atom stereocenters. The Bertz CT molecular complexity index is 664. The van der Waals surface area contributed by atoms with E-state index in [1.807, 2.05) is 26.8 Å². The Labute approximate surface area is 158 Å². The van der Waals surface area contributed by atoms with Crippen molar-refractivity contribution in [2.75, 3.05) is 19.7 Å². The van der Waals surface area contributed by atoms with Gasteiger partial charge in [-0.2, -0.15) is 5.26 Å². The van der Waals surface area contributed by atoms with Crippen molar-refractivity contribution in [1.29, 1.82) is 5.26 Å². The fourth-order valence-electron chi connectivity index (χ4n) is 3.12. The van der Waals surface area contributed by atoms with E-state index in [1.165, 1.54) is 12.1 Å². The van der Waals surface area contributed by atoms with Gasteiger partial charge in [0, 0.05) is 24.0 Å². The third kappa shape index (κ3) is 5.86. The van der Waals surface area contributed by atoms with Gasteiger partial charge in [0.05, 0.1) is 12.2 Å². The van der Waals surface area contributed by atoms with Gasteiger partial charge in [-0.3, -0.25) is 0 Å². The molecular weight excluding hydrogens is 359 g/mol. The zero-order chi connectivity index (χ0) is 19.3. The first-order valence-corrected chi connectivity index (χ1v) is 9.00. The number of amides is 1. The number of benzene rings is 1. The third-order valence-corrected chi connectivity index (χ3v) is 4.30. The number of rotatable bonds is 4. The average molecular weight is 383 g/mol. The van der Waals surface area contributed by atoms with Crippen LogP contribution in [0.15, 0.2) is 18.2 Å². The highest BCUT2D eigenvalue weighted by Gasteiger charge is 2.33. The van der Waals surface area contributed by atoms with Crippen LogP contribution in [0.25, 0.3) is 0 Å². The number of likely N-dealkylation sites (tertiary alicyclic amines) is 1. The second kappa shape index (κ2) is 8.70. The van der Waals surface area contributed by atoms with Crippen molar-refractivity contribution in [1.82, 2.24) is 4.90 Å². The molecule has 1 amide bonds. The van der Waals surface area contributed by atoms with E-state index in [2.05, 4.69) is 0 Å². The van der Waals surface area contributed by atoms with Gasteiger partial charge in [-0.15, -0.1) is 0 Å². The van der Waals surface area contributed by atoms with Crippen LogP contribution in [-0.2, 0) is 9.47 Å². The quantitative estimate of drug-likeness (QED) is 0.756. The Balaban J connectivity index is 2.19. The van der Waals surface area contributed by atoms with Gasteiger partial charge in [-0.1, -0.05) is 11.6 Å². The number of carbonyl (C=O) groups excluding carboxylic acids is 1. The zero-order valence-corrected chi connectivity index (χ0v) is 16.1. The molecule has 0 spiro atoms. The number of piperidine rings is 1. The Morgan fingerprint density at radius 1 is 1.46 bits per heavy atom. The number of nitriles is 1. The van der Waals surface area contributed by atoms with Crippen LogP contribution in [0.3, 0.4) is 0 Å². The standard InChI is InChI=1S/C19H24ClFN2O3/c1-19(2,3)26-18(24)23-7-4-5-13(12-23)17(25-8-6-22)14-9-15(20)11-16(21)10-14/h9-11,13,17H,4-5,7-8,12H2,1-3H3/t13?,17-/m1/s1. The summed E-state index contributed by atoms with van der Waals surface area (Å²) in [5, 5.41) is 9.15. The first kappa shape index (κ1) is 20.5. The average Bonchev–Trinajstić information content (AvgIpc) is 2.53. The number of carbonyl (C=O) groups is 1. The molecule has 1 heterocycles. The molecule has 26 heavy (non-hydrogen) atoms. The monoisotopic (exact) mass is 382 g/mol. The molecule has 1 fully saturated rings. The summed E-state index contributed by atoms with van der Waals surface area (Å²) in [4.78, 5) is 14.0. The third-order valence-electron chi connectivity index (χ3n) is 4.08. The van der Waals surface area contributed by atoms with Crippen LogP contribution in [0.4, 0.5) is 9.18 Å². The van der Waals surface area contributed by atoms with Crippen LogP contribution in [0, 0.1) is 23.1 Å². The van der Waals surface area contributed by atoms with Gasteiger partial charge < -0.3 is 14.4 Å². The lowest BCUT2D eigenvalue weighted by atomic mass is 9.88. The minimum atomic E-state index is -0.573. The van der Waals surface area contributed by atoms with Gasteiger partial charge in [-0.05, 0) is 57.4 Å². The van der Waals surface area contributed by atoms with Gasteiger partial charge >= 0.3 is 6.09 Å². The van der Waals surface area contributed by atoms with Gasteiger partial charge in [0.25, 0.3) is 0 Å². The summed E-state index contributed by atoms with van der Waals surface area (Å²) in [5.74, 6) is -0.541. The molecule has 0 bridgehead atoms. The van der Waals surface area contributed by atoms with Crippen molar-refractivity contribution in [2.45, 2.75) is 45.3 Å². The lowest BCUT2D eigenvalue weighted by molar-refractivity contribution is -0.0166. The van der Waals surface area contributed by atoms with E-state index in [9.17, 15) is 9.18 Å². The van der Waals surface area contributed by atoms with Gasteiger partial charge in [0.1, 0.15) is 18.0 Å². The van der Waals surface area contributed by atoms with Gasteiger partial charge in [0.15, 0.2) is 0 Å². The van der Waals surface area contributed by atoms with Crippen LogP contribution < -0.4 is 0 Å². The summed E-state index contributed by atoms with van der Waals surface area (Å²) in [6.07, 6.45) is 0.676. The predicted molar refractivity (Wildman–Crippen MR) is 96.2 cm³/mol. The van der Waals surface area contributed by atoms with Crippen molar-refractivity contribution >= 4 is 17.7 Å². The van der Waals surface area contributed by atoms with E-state index in [1.54, 1.807) is 11.0 Å². The number of ether oxygens (including phenoxy) is 2. The smallest absolute Gasteiger partial charge is 0.410 e. The topological polar surface area (TPSA) is 62.6 Å². The van der Waals surface area contributed by atoms with E-state index < -0.39 is 17.5 Å². The van der Waals surface area contributed by atoms with Crippen molar-refractivity contribution in [3.8, 4) is 6.07 Å². The minimum Gasteiger partial charge on any atom is -0.444 e. The van der Waals surface area contributed by atoms with Crippen molar-refractivity contribution < 1.29 is 18.7 Å². The molecule has 2 rings (SSSR count). The molecule has 0 aromatic heterocycles. The molecule has 0 radical (unpaired) electrons. The lowest BCUT2D eigenvalue weighted by Crippen LogP contribution is -2.44. The Morgan fingerprint density at radius 3 is 2.81 bits per heavy atom. The first-order valence-electron chi connectivity index (χ1n) is 8.62. The molecule has 7 heteroatoms. The lowest BCUT2D eigenvalue weighted by Gasteiger charge is -2.37. The minimum absolute atomic E-state index is 0.0810. The molecule has 1 aliphatic rings. The highest BCUT2D eigenvalue weighted by molar-refractivity contribution is 6.30. The summed E-state index contributed by atoms with van der Waals surface area (Å²) in [6, 6.07) is 6.17. The Morgan fingerprint density at radius 2 is 2.19 bits per heavy atom. The van der Waals surface area contributed by atoms with Gasteiger partial charge in [0.2, 0.25) is 0 Å². The van der Waals surface area contributed by atoms with E-state index in [0.717, 1.165) is 12.8 Å². The second-order valence-electron chi connectivity index (χ2n) is 7.42. The molecule has 1 aliphatic heterocycles. The zero-order valence-electron chi connectivity index (χ0n) is 15.3. The molecule has 0 N–H and O–H groups in total. The number of nitrogens with zero attached hydrogens (tertiary/aromatic N) is 2. The summed E-state index contributed by atoms with van der Waals surface area (Å²) in [7, 11) is 0. The van der Waals surface area contributed by atoms with Crippen molar-refractivity contribution in [3.63, 3.8) is 0 Å². The van der Waals surface area contributed by atoms with Crippen molar-refractivity contribution in [3.05, 3.63) is 34.6 Å². The van der Waals surface area contributed by atoms with Crippen molar-refractivity contribution in [2.24, 2.45) is 5.92 Å². The normalized spacial score (nSPS) is 18.9. The van der Waals surface area contributed by atoms with Crippen LogP contribution in [-0.4, -0.2) is 36.3 Å². The van der Waals surface area contributed by atoms with Crippen LogP contribution in [0.2, 0.25) is 5.02 Å². The molecule has 0 saturated carbocycles. The summed E-state index contributed by atoms with van der Waals surface area (Å²) < 4.78 is 24.9. The summed E-state index contributed by atoms with van der Waals surface area (Å²) >= 11 is 5.97. The van der Waals surface area contributed by atoms with E-state index in [-0.39, 0.29) is 23.6 Å². The number of halogens is 2. The highest BCUT2D eigenvalue weighted by atomic mass is 35.5. The highest BCUT2D eigenvalue weighted by Crippen LogP contribution is 2.34. The van der Waals surface area contributed by atoms with Crippen LogP contribution >= 0.6 is 11.6 Å². The molecule has 142 valence electrons. The Hall–Kier alpha value is -1.84. The van der Waals surface area contributed by atoms with E-state index in [4.69, 9.17) is 26.3 Å². The number of hydrogen-bond donors (Lipinski definition) is 0. The molecule has 0 aliphatic carbocycles. The predicted octanol–water partition coefficient (Wildman–Crippen LogP) is 4.71. The van der Waals surface area contributed by atoms with Gasteiger partial charge in [-0.25, -0.2) is 9.18 Å². The Kier molecular flexibility index (Phi) is 6.85. The molecule has 5 nitrogen and oxygen atoms in total. The molecule has 2 atom stereocenters. The summed E-state index contributed by atoms with van der Waals surface area (Å²) in [5.41, 5.74) is -0.00196. The maximum Gasteiger partial charge on any atom is 0.410 e. The molecule has 1 aromatic rings. The van der Waals surface area contributed by atoms with Crippen LogP contribution in [0.5, 0.6) is 0 Å². The second-order valence-corrected chi connectivity index (χ2v) is 7.86. The van der Waals surface area contributed by atoms with E-state index >= 15 is 0 Å². The first-order chi connectivity index (χ1) is 12.2. The van der Waals surface area contributed by atoms with E-state index in [0.29, 0.717) is 18.7 Å². The number of hydrogen-bond acceptors (Lipinski definition) is 4. The largest absolute Gasteiger partial charge is 0.444 e. The van der Waals surface area contributed by atoms with Crippen LogP contribution in [0.1, 0.15) is 45.3 Å². The summed E-state index contributed by atoms with van der Waals surface area (Å²) in [6.45, 7) is 6.35. The SMILES string of the molecule is CC(C)(C)OC(=O)N1CCCC([C@@H](OCC#N)c2cc(F)cc(Cl)c2)C1.